The second kappa shape index (κ2) is 6.22. The molecule has 0 aromatic carbocycles. The molecule has 0 aromatic rings. The Bertz CT molecular complexity index is 238. The Morgan fingerprint density at radius 1 is 1.44 bits per heavy atom. The van der Waals surface area contributed by atoms with Crippen LogP contribution < -0.4 is 5.32 Å². The fourth-order valence-corrected chi connectivity index (χ4v) is 2.24. The van der Waals surface area contributed by atoms with E-state index in [0.29, 0.717) is 0 Å². The van der Waals surface area contributed by atoms with Crippen molar-refractivity contribution in [1.29, 1.82) is 5.26 Å². The molecule has 1 unspecified atom stereocenters. The van der Waals surface area contributed by atoms with Crippen LogP contribution in [0.15, 0.2) is 0 Å². The maximum atomic E-state index is 9.16. The van der Waals surface area contributed by atoms with Gasteiger partial charge in [0.1, 0.15) is 5.54 Å². The van der Waals surface area contributed by atoms with Crippen LogP contribution in [0.1, 0.15) is 40.0 Å². The van der Waals surface area contributed by atoms with Crippen LogP contribution in [-0.4, -0.2) is 36.6 Å². The molecule has 1 heterocycles. The molecule has 1 saturated heterocycles. The molecule has 3 nitrogen and oxygen atoms in total. The number of likely N-dealkylation sites (tertiary alicyclic amines) is 1. The van der Waals surface area contributed by atoms with Gasteiger partial charge < -0.3 is 4.90 Å². The van der Waals surface area contributed by atoms with Gasteiger partial charge >= 0.3 is 0 Å². The van der Waals surface area contributed by atoms with E-state index in [0.717, 1.165) is 25.4 Å². The number of rotatable bonds is 5. The Hall–Kier alpha value is -0.590. The maximum absolute atomic E-state index is 9.16. The Balaban J connectivity index is 2.30. The highest BCUT2D eigenvalue weighted by Gasteiger charge is 2.24. The van der Waals surface area contributed by atoms with E-state index in [1.807, 2.05) is 6.92 Å². The third kappa shape index (κ3) is 4.11. The zero-order valence-electron chi connectivity index (χ0n) is 10.9. The van der Waals surface area contributed by atoms with Crippen LogP contribution in [0.5, 0.6) is 0 Å². The average Bonchev–Trinajstić information content (AvgIpc) is 2.29. The predicted molar refractivity (Wildman–Crippen MR) is 67.1 cm³/mol. The van der Waals surface area contributed by atoms with Crippen LogP contribution in [0.2, 0.25) is 0 Å². The SMILES string of the molecule is CCNC(C)(C#N)CCN1CCC(C)CC1. The molecule has 1 atom stereocenters. The Morgan fingerprint density at radius 3 is 2.56 bits per heavy atom. The van der Waals surface area contributed by atoms with Crippen molar-refractivity contribution in [2.24, 2.45) is 5.92 Å². The summed E-state index contributed by atoms with van der Waals surface area (Å²) in [6, 6.07) is 2.39. The van der Waals surface area contributed by atoms with E-state index < -0.39 is 0 Å². The molecule has 1 fully saturated rings. The van der Waals surface area contributed by atoms with Crippen LogP contribution in [0, 0.1) is 17.2 Å². The van der Waals surface area contributed by atoms with E-state index in [2.05, 4.69) is 30.1 Å². The van der Waals surface area contributed by atoms with Crippen molar-refractivity contribution < 1.29 is 0 Å². The molecule has 0 spiro atoms. The number of nitrogens with one attached hydrogen (secondary N) is 1. The third-order valence-electron chi connectivity index (χ3n) is 3.62. The minimum absolute atomic E-state index is 0.349. The number of piperidine rings is 1. The van der Waals surface area contributed by atoms with E-state index in [1.165, 1.54) is 25.9 Å². The summed E-state index contributed by atoms with van der Waals surface area (Å²) in [6.07, 6.45) is 3.54. The van der Waals surface area contributed by atoms with Gasteiger partial charge in [-0.15, -0.1) is 0 Å². The molecular weight excluding hydrogens is 198 g/mol. The fraction of sp³-hybridized carbons (Fsp3) is 0.923. The fourth-order valence-electron chi connectivity index (χ4n) is 2.24. The quantitative estimate of drug-likeness (QED) is 0.775. The van der Waals surface area contributed by atoms with Gasteiger partial charge in [-0.05, 0) is 51.7 Å². The van der Waals surface area contributed by atoms with Gasteiger partial charge in [0.15, 0.2) is 0 Å². The molecule has 0 aliphatic carbocycles. The van der Waals surface area contributed by atoms with Gasteiger partial charge in [-0.1, -0.05) is 13.8 Å². The molecular formula is C13H25N3. The van der Waals surface area contributed by atoms with Crippen LogP contribution in [-0.2, 0) is 0 Å². The summed E-state index contributed by atoms with van der Waals surface area (Å²) >= 11 is 0. The summed E-state index contributed by atoms with van der Waals surface area (Å²) in [7, 11) is 0. The highest BCUT2D eigenvalue weighted by Crippen LogP contribution is 2.17. The van der Waals surface area contributed by atoms with Crippen molar-refractivity contribution in [2.45, 2.75) is 45.6 Å². The highest BCUT2D eigenvalue weighted by atomic mass is 15.1. The molecule has 0 saturated carbocycles. The van der Waals surface area contributed by atoms with E-state index in [4.69, 9.17) is 5.26 Å². The maximum Gasteiger partial charge on any atom is 0.105 e. The van der Waals surface area contributed by atoms with Gasteiger partial charge in [0.25, 0.3) is 0 Å². The molecule has 1 rings (SSSR count). The standard InChI is InChI=1S/C13H25N3/c1-4-15-13(3,11-14)7-10-16-8-5-12(2)6-9-16/h12,15H,4-10H2,1-3H3. The van der Waals surface area contributed by atoms with Crippen LogP contribution in [0.3, 0.4) is 0 Å². The molecule has 1 aliphatic heterocycles. The molecule has 92 valence electrons. The van der Waals surface area contributed by atoms with Gasteiger partial charge in [0.2, 0.25) is 0 Å². The molecule has 0 bridgehead atoms. The molecule has 3 heteroatoms. The summed E-state index contributed by atoms with van der Waals surface area (Å²) < 4.78 is 0. The van der Waals surface area contributed by atoms with Gasteiger partial charge in [-0.3, -0.25) is 5.32 Å². The minimum Gasteiger partial charge on any atom is -0.303 e. The lowest BCUT2D eigenvalue weighted by Crippen LogP contribution is -2.44. The molecule has 0 amide bonds. The Kier molecular flexibility index (Phi) is 5.24. The van der Waals surface area contributed by atoms with Gasteiger partial charge in [0.05, 0.1) is 6.07 Å². The first-order chi connectivity index (χ1) is 7.59. The van der Waals surface area contributed by atoms with Crippen LogP contribution >= 0.6 is 0 Å². The van der Waals surface area contributed by atoms with Crippen molar-refractivity contribution in [3.8, 4) is 6.07 Å². The minimum atomic E-state index is -0.349. The predicted octanol–water partition coefficient (Wildman–Crippen LogP) is 2.00. The monoisotopic (exact) mass is 223 g/mol. The number of hydrogen-bond donors (Lipinski definition) is 1. The van der Waals surface area contributed by atoms with Crippen molar-refractivity contribution in [2.75, 3.05) is 26.2 Å². The summed E-state index contributed by atoms with van der Waals surface area (Å²) in [4.78, 5) is 2.49. The molecule has 1 aliphatic rings. The van der Waals surface area contributed by atoms with E-state index in [9.17, 15) is 0 Å². The van der Waals surface area contributed by atoms with E-state index in [-0.39, 0.29) is 5.54 Å². The van der Waals surface area contributed by atoms with Crippen molar-refractivity contribution in [3.05, 3.63) is 0 Å². The van der Waals surface area contributed by atoms with Gasteiger partial charge in [-0.25, -0.2) is 0 Å². The van der Waals surface area contributed by atoms with Crippen molar-refractivity contribution in [1.82, 2.24) is 10.2 Å². The normalized spacial score (nSPS) is 22.6. The lowest BCUT2D eigenvalue weighted by molar-refractivity contribution is 0.179. The second-order valence-electron chi connectivity index (χ2n) is 5.25. The van der Waals surface area contributed by atoms with Gasteiger partial charge in [-0.2, -0.15) is 5.26 Å². The van der Waals surface area contributed by atoms with Gasteiger partial charge in [0, 0.05) is 6.54 Å². The zero-order chi connectivity index (χ0) is 12.0. The first-order valence-corrected chi connectivity index (χ1v) is 6.48. The number of nitrogens with zero attached hydrogens (tertiary/aromatic N) is 2. The van der Waals surface area contributed by atoms with E-state index in [1.54, 1.807) is 0 Å². The smallest absolute Gasteiger partial charge is 0.105 e. The summed E-state index contributed by atoms with van der Waals surface area (Å²) in [5, 5.41) is 12.4. The van der Waals surface area contributed by atoms with Crippen LogP contribution in [0.4, 0.5) is 0 Å². The first-order valence-electron chi connectivity index (χ1n) is 6.48. The average molecular weight is 223 g/mol. The van der Waals surface area contributed by atoms with Crippen LogP contribution in [0.25, 0.3) is 0 Å². The largest absolute Gasteiger partial charge is 0.303 e. The van der Waals surface area contributed by atoms with Crippen molar-refractivity contribution >= 4 is 0 Å². The molecule has 16 heavy (non-hydrogen) atoms. The number of hydrogen-bond acceptors (Lipinski definition) is 3. The number of nitriles is 1. The van der Waals surface area contributed by atoms with E-state index >= 15 is 0 Å². The third-order valence-corrected chi connectivity index (χ3v) is 3.62. The Labute approximate surface area is 99.8 Å². The Morgan fingerprint density at radius 2 is 2.06 bits per heavy atom. The summed E-state index contributed by atoms with van der Waals surface area (Å²) in [5.74, 6) is 0.882. The molecule has 1 N–H and O–H groups in total. The molecule has 0 aromatic heterocycles. The first kappa shape index (κ1) is 13.5. The van der Waals surface area contributed by atoms with Crippen molar-refractivity contribution in [3.63, 3.8) is 0 Å². The lowest BCUT2D eigenvalue weighted by atomic mass is 9.96. The highest BCUT2D eigenvalue weighted by molar-refractivity contribution is 5.03. The zero-order valence-corrected chi connectivity index (χ0v) is 10.9. The lowest BCUT2D eigenvalue weighted by Gasteiger charge is -2.32. The summed E-state index contributed by atoms with van der Waals surface area (Å²) in [6.45, 7) is 10.7. The molecule has 0 radical (unpaired) electrons. The second-order valence-corrected chi connectivity index (χ2v) is 5.25. The summed E-state index contributed by atoms with van der Waals surface area (Å²) in [5.41, 5.74) is -0.349. The topological polar surface area (TPSA) is 39.1 Å².